The topological polar surface area (TPSA) is 116 Å². The number of piperazine rings is 1. The highest BCUT2D eigenvalue weighted by Gasteiger charge is 2.56. The van der Waals surface area contributed by atoms with Crippen molar-refractivity contribution >= 4 is 22.0 Å². The van der Waals surface area contributed by atoms with E-state index in [-0.39, 0.29) is 48.3 Å². The Labute approximate surface area is 163 Å². The van der Waals surface area contributed by atoms with Gasteiger partial charge in [0.25, 0.3) is 5.91 Å². The summed E-state index contributed by atoms with van der Waals surface area (Å²) in [5, 5.41) is 6.56. The smallest absolute Gasteiger partial charge is 0.326 e. The van der Waals surface area contributed by atoms with E-state index < -0.39 is 15.6 Å². The second-order valence-corrected chi connectivity index (χ2v) is 9.83. The van der Waals surface area contributed by atoms with E-state index in [0.29, 0.717) is 18.8 Å². The Balaban J connectivity index is 1.40. The molecule has 0 unspecified atom stereocenters. The van der Waals surface area contributed by atoms with Gasteiger partial charge in [-0.1, -0.05) is 5.16 Å². The number of carbonyl (C=O) groups is 2. The molecular weight excluding hydrogens is 386 g/mol. The number of carbonyl (C=O) groups excluding carboxylic acids is 2. The minimum atomic E-state index is -3.68. The largest absolute Gasteiger partial charge is 0.360 e. The summed E-state index contributed by atoms with van der Waals surface area (Å²) in [7, 11) is -3.68. The van der Waals surface area contributed by atoms with Crippen LogP contribution in [-0.2, 0) is 14.8 Å². The zero-order valence-corrected chi connectivity index (χ0v) is 17.1. The molecule has 1 saturated carbocycles. The van der Waals surface area contributed by atoms with Crippen molar-refractivity contribution in [2.75, 3.05) is 32.8 Å². The van der Waals surface area contributed by atoms with Crippen LogP contribution in [0.25, 0.3) is 0 Å². The van der Waals surface area contributed by atoms with Crippen LogP contribution < -0.4 is 5.32 Å². The van der Waals surface area contributed by atoms with E-state index in [9.17, 15) is 18.0 Å². The van der Waals surface area contributed by atoms with Crippen LogP contribution in [0.3, 0.4) is 0 Å². The van der Waals surface area contributed by atoms with Crippen LogP contribution >= 0.6 is 0 Å². The van der Waals surface area contributed by atoms with E-state index in [1.54, 1.807) is 20.8 Å². The molecule has 1 aliphatic carbocycles. The lowest BCUT2D eigenvalue weighted by molar-refractivity contribution is -0.133. The number of amides is 3. The van der Waals surface area contributed by atoms with Crippen molar-refractivity contribution in [3.63, 3.8) is 0 Å². The Morgan fingerprint density at radius 2 is 1.82 bits per heavy atom. The van der Waals surface area contributed by atoms with Gasteiger partial charge in [-0.2, -0.15) is 4.31 Å². The number of aromatic nitrogens is 1. The maximum Gasteiger partial charge on any atom is 0.326 e. The van der Waals surface area contributed by atoms with Gasteiger partial charge in [0, 0.05) is 26.2 Å². The fourth-order valence-corrected chi connectivity index (χ4v) is 5.78. The van der Waals surface area contributed by atoms with Crippen molar-refractivity contribution in [1.82, 2.24) is 24.6 Å². The van der Waals surface area contributed by atoms with Crippen molar-refractivity contribution in [2.45, 2.75) is 44.0 Å². The Hall–Kier alpha value is -1.98. The van der Waals surface area contributed by atoms with Gasteiger partial charge < -0.3 is 9.84 Å². The number of nitrogens with one attached hydrogen (secondary N) is 1. The van der Waals surface area contributed by atoms with Gasteiger partial charge in [0.2, 0.25) is 10.0 Å². The predicted molar refractivity (Wildman–Crippen MR) is 97.7 cm³/mol. The lowest BCUT2D eigenvalue weighted by atomic mass is 9.96. The Morgan fingerprint density at radius 1 is 1.18 bits per heavy atom. The molecule has 0 spiro atoms. The zero-order chi connectivity index (χ0) is 20.3. The predicted octanol–water partition coefficient (Wildman–Crippen LogP) is 0.276. The molecule has 0 aromatic carbocycles. The standard InChI is InChI=1S/C17H25N5O5S/c1-11-14(12(2)27-19-11)28(25,26)21-8-6-20(7-9-21)10-22-15(23)17(3,13-4-5-13)18-16(22)24/h13H,4-10H2,1-3H3,(H,18,24)/t17-/m0/s1. The summed E-state index contributed by atoms with van der Waals surface area (Å²) in [5.74, 6) is 0.301. The minimum Gasteiger partial charge on any atom is -0.360 e. The molecule has 1 atom stereocenters. The molecule has 1 aromatic heterocycles. The van der Waals surface area contributed by atoms with E-state index in [1.165, 1.54) is 9.21 Å². The highest BCUT2D eigenvalue weighted by molar-refractivity contribution is 7.89. The first-order valence-electron chi connectivity index (χ1n) is 9.44. The van der Waals surface area contributed by atoms with Crippen LogP contribution in [0.5, 0.6) is 0 Å². The van der Waals surface area contributed by atoms with Crippen LogP contribution in [0.15, 0.2) is 9.42 Å². The van der Waals surface area contributed by atoms with Crippen LogP contribution in [-0.4, -0.2) is 78.0 Å². The average molecular weight is 411 g/mol. The number of sulfonamides is 1. The Bertz CT molecular complexity index is 897. The molecule has 1 aromatic rings. The lowest BCUT2D eigenvalue weighted by Gasteiger charge is -2.35. The summed E-state index contributed by atoms with van der Waals surface area (Å²) in [6.07, 6.45) is 1.91. The van der Waals surface area contributed by atoms with E-state index in [4.69, 9.17) is 4.52 Å². The SMILES string of the molecule is Cc1noc(C)c1S(=O)(=O)N1CCN(CN2C(=O)N[C@@](C)(C3CC3)C2=O)CC1. The first-order chi connectivity index (χ1) is 13.1. The zero-order valence-electron chi connectivity index (χ0n) is 16.3. The minimum absolute atomic E-state index is 0.121. The van der Waals surface area contributed by atoms with Crippen molar-refractivity contribution < 1.29 is 22.5 Å². The van der Waals surface area contributed by atoms with Crippen LogP contribution in [0.4, 0.5) is 4.79 Å². The first-order valence-corrected chi connectivity index (χ1v) is 10.9. The molecule has 0 bridgehead atoms. The van der Waals surface area contributed by atoms with Gasteiger partial charge >= 0.3 is 6.03 Å². The summed E-state index contributed by atoms with van der Waals surface area (Å²) in [6.45, 7) is 6.56. The Kier molecular flexibility index (Phi) is 4.51. The number of aryl methyl sites for hydroxylation is 2. The maximum absolute atomic E-state index is 12.9. The van der Waals surface area contributed by atoms with E-state index in [1.807, 2.05) is 4.90 Å². The summed E-state index contributed by atoms with van der Waals surface area (Å²) in [4.78, 5) is 28.3. The fraction of sp³-hybridized carbons (Fsp3) is 0.706. The van der Waals surface area contributed by atoms with Crippen LogP contribution in [0.1, 0.15) is 31.2 Å². The number of rotatable bonds is 5. The molecule has 154 valence electrons. The summed E-state index contributed by atoms with van der Waals surface area (Å²) in [6, 6.07) is -0.370. The highest BCUT2D eigenvalue weighted by atomic mass is 32.2. The number of nitrogens with zero attached hydrogens (tertiary/aromatic N) is 4. The number of imide groups is 1. The number of urea groups is 1. The lowest BCUT2D eigenvalue weighted by Crippen LogP contribution is -2.53. The maximum atomic E-state index is 12.9. The van der Waals surface area contributed by atoms with Gasteiger partial charge in [0.15, 0.2) is 5.76 Å². The molecule has 4 rings (SSSR count). The molecule has 3 fully saturated rings. The van der Waals surface area contributed by atoms with Crippen molar-refractivity contribution in [3.8, 4) is 0 Å². The van der Waals surface area contributed by atoms with Gasteiger partial charge in [-0.25, -0.2) is 18.1 Å². The summed E-state index contributed by atoms with van der Waals surface area (Å²) < 4.78 is 32.2. The van der Waals surface area contributed by atoms with Gasteiger partial charge in [-0.05, 0) is 39.5 Å². The Morgan fingerprint density at radius 3 is 2.36 bits per heavy atom. The van der Waals surface area contributed by atoms with Crippen LogP contribution in [0, 0.1) is 19.8 Å². The van der Waals surface area contributed by atoms with Crippen molar-refractivity contribution in [2.24, 2.45) is 5.92 Å². The molecule has 0 radical (unpaired) electrons. The molecule has 11 heteroatoms. The monoisotopic (exact) mass is 411 g/mol. The first kappa shape index (κ1) is 19.3. The highest BCUT2D eigenvalue weighted by Crippen LogP contribution is 2.42. The van der Waals surface area contributed by atoms with Crippen molar-refractivity contribution in [3.05, 3.63) is 11.5 Å². The third-order valence-electron chi connectivity index (χ3n) is 5.93. The molecule has 2 aliphatic heterocycles. The second-order valence-electron chi connectivity index (χ2n) is 7.96. The molecule has 3 heterocycles. The molecule has 28 heavy (non-hydrogen) atoms. The summed E-state index contributed by atoms with van der Waals surface area (Å²) >= 11 is 0. The quantitative estimate of drug-likeness (QED) is 0.692. The second kappa shape index (κ2) is 6.53. The normalized spacial score (nSPS) is 27.5. The van der Waals surface area contributed by atoms with Gasteiger partial charge in [0.1, 0.15) is 16.1 Å². The number of hydrogen-bond acceptors (Lipinski definition) is 7. The molecular formula is C17H25N5O5S. The van der Waals surface area contributed by atoms with E-state index in [0.717, 1.165) is 12.8 Å². The third kappa shape index (κ3) is 3.01. The third-order valence-corrected chi connectivity index (χ3v) is 8.08. The molecule has 3 aliphatic rings. The van der Waals surface area contributed by atoms with Crippen molar-refractivity contribution in [1.29, 1.82) is 0 Å². The molecule has 2 saturated heterocycles. The molecule has 3 amide bonds. The van der Waals surface area contributed by atoms with Crippen LogP contribution in [0.2, 0.25) is 0 Å². The summed E-state index contributed by atoms with van der Waals surface area (Å²) in [5.41, 5.74) is -0.454. The fourth-order valence-electron chi connectivity index (χ4n) is 4.06. The van der Waals surface area contributed by atoms with Gasteiger partial charge in [-0.15, -0.1) is 0 Å². The number of hydrogen-bond donors (Lipinski definition) is 1. The van der Waals surface area contributed by atoms with Gasteiger partial charge in [0.05, 0.1) is 6.67 Å². The van der Waals surface area contributed by atoms with E-state index in [2.05, 4.69) is 10.5 Å². The molecule has 10 nitrogen and oxygen atoms in total. The average Bonchev–Trinajstić information content (AvgIpc) is 3.41. The van der Waals surface area contributed by atoms with E-state index >= 15 is 0 Å². The van der Waals surface area contributed by atoms with Gasteiger partial charge in [-0.3, -0.25) is 9.69 Å². The molecule has 1 N–H and O–H groups in total.